The molecule has 2 aliphatic rings. The molecule has 1 aromatic carbocycles. The van der Waals surface area contributed by atoms with E-state index in [1.165, 1.54) is 0 Å². The first-order valence-electron chi connectivity index (χ1n) is 10.1. The highest BCUT2D eigenvalue weighted by Crippen LogP contribution is 2.41. The largest absolute Gasteiger partial charge is 0.493 e. The molecule has 6 heteroatoms. The summed E-state index contributed by atoms with van der Waals surface area (Å²) in [6, 6.07) is 5.76. The topological polar surface area (TPSA) is 87.0 Å². The lowest BCUT2D eigenvalue weighted by molar-refractivity contribution is -0.137. The Morgan fingerprint density at radius 2 is 2.07 bits per heavy atom. The molecule has 1 aromatic rings. The van der Waals surface area contributed by atoms with E-state index in [0.717, 1.165) is 42.6 Å². The number of unbranched alkanes of at least 4 members (excludes halogenated alkanes) is 1. The SMILES string of the molecule is O=C(O)CCCC=CC[C@@H]1[C@@H](COc2cccc3c2CCC3O)[C@H](O)C[C@H]1Cl. The van der Waals surface area contributed by atoms with Gasteiger partial charge >= 0.3 is 5.97 Å². The Kier molecular flexibility index (Phi) is 7.38. The highest BCUT2D eigenvalue weighted by molar-refractivity contribution is 6.21. The van der Waals surface area contributed by atoms with Gasteiger partial charge in [-0.1, -0.05) is 24.3 Å². The fraction of sp³-hybridized carbons (Fsp3) is 0.591. The third kappa shape index (κ3) is 5.07. The van der Waals surface area contributed by atoms with Gasteiger partial charge in [-0.2, -0.15) is 0 Å². The van der Waals surface area contributed by atoms with Crippen molar-refractivity contribution >= 4 is 17.6 Å². The second-order valence-corrected chi connectivity index (χ2v) is 8.39. The quantitative estimate of drug-likeness (QED) is 0.328. The van der Waals surface area contributed by atoms with Crippen LogP contribution in [0.25, 0.3) is 0 Å². The van der Waals surface area contributed by atoms with Gasteiger partial charge in [0.2, 0.25) is 0 Å². The third-order valence-electron chi connectivity index (χ3n) is 5.94. The zero-order chi connectivity index (χ0) is 20.1. The summed E-state index contributed by atoms with van der Waals surface area (Å²) in [5, 5.41) is 29.1. The van der Waals surface area contributed by atoms with Crippen molar-refractivity contribution in [3.05, 3.63) is 41.5 Å². The third-order valence-corrected chi connectivity index (χ3v) is 6.44. The number of carbonyl (C=O) groups is 1. The normalized spacial score (nSPS) is 29.3. The van der Waals surface area contributed by atoms with Crippen LogP contribution in [0.5, 0.6) is 5.75 Å². The molecule has 1 fully saturated rings. The molecule has 0 amide bonds. The lowest BCUT2D eigenvalue weighted by Gasteiger charge is -2.23. The van der Waals surface area contributed by atoms with E-state index in [0.29, 0.717) is 19.4 Å². The first-order valence-corrected chi connectivity index (χ1v) is 10.5. The number of hydrogen-bond acceptors (Lipinski definition) is 4. The fourth-order valence-corrected chi connectivity index (χ4v) is 4.83. The number of ether oxygens (including phenoxy) is 1. The molecule has 0 spiro atoms. The van der Waals surface area contributed by atoms with Crippen LogP contribution in [0.2, 0.25) is 0 Å². The summed E-state index contributed by atoms with van der Waals surface area (Å²) in [6.07, 6.45) is 7.51. The molecule has 2 aliphatic carbocycles. The second-order valence-electron chi connectivity index (χ2n) is 7.83. The molecule has 154 valence electrons. The number of carboxylic acids is 1. The molecule has 5 atom stereocenters. The van der Waals surface area contributed by atoms with Crippen molar-refractivity contribution in [2.24, 2.45) is 11.8 Å². The minimum absolute atomic E-state index is 0.0478. The maximum Gasteiger partial charge on any atom is 0.303 e. The van der Waals surface area contributed by atoms with Crippen LogP contribution >= 0.6 is 11.6 Å². The zero-order valence-corrected chi connectivity index (χ0v) is 16.7. The van der Waals surface area contributed by atoms with Gasteiger partial charge in [0, 0.05) is 23.3 Å². The molecule has 1 saturated carbocycles. The van der Waals surface area contributed by atoms with Crippen LogP contribution < -0.4 is 4.74 Å². The standard InChI is InChI=1S/C22H29ClO5/c23-18-12-20(25)17(14(18)6-3-1-2-4-9-22(26)27)13-28-21-8-5-7-15-16(21)10-11-19(15)24/h1,3,5,7-8,14,17-20,24-25H,2,4,6,9-13H2,(H,26,27)/t14-,17-,18-,19?,20-/m1/s1. The van der Waals surface area contributed by atoms with Gasteiger partial charge in [0.25, 0.3) is 0 Å². The number of aliphatic hydroxyl groups is 2. The number of allylic oxidation sites excluding steroid dienone is 2. The van der Waals surface area contributed by atoms with E-state index >= 15 is 0 Å². The van der Waals surface area contributed by atoms with Crippen LogP contribution in [-0.2, 0) is 11.2 Å². The highest BCUT2D eigenvalue weighted by atomic mass is 35.5. The summed E-state index contributed by atoms with van der Waals surface area (Å²) in [6.45, 7) is 0.397. The predicted molar refractivity (Wildman–Crippen MR) is 108 cm³/mol. The fourth-order valence-electron chi connectivity index (χ4n) is 4.35. The van der Waals surface area contributed by atoms with Crippen LogP contribution in [0.4, 0.5) is 0 Å². The Labute approximate surface area is 171 Å². The zero-order valence-electron chi connectivity index (χ0n) is 16.0. The Bertz CT molecular complexity index is 704. The average molecular weight is 409 g/mol. The van der Waals surface area contributed by atoms with Crippen LogP contribution in [0.15, 0.2) is 30.4 Å². The van der Waals surface area contributed by atoms with Crippen molar-refractivity contribution in [1.29, 1.82) is 0 Å². The number of halogens is 1. The van der Waals surface area contributed by atoms with E-state index in [-0.39, 0.29) is 23.6 Å². The number of aliphatic hydroxyl groups excluding tert-OH is 2. The van der Waals surface area contributed by atoms with Gasteiger partial charge in [-0.25, -0.2) is 0 Å². The van der Waals surface area contributed by atoms with Crippen LogP contribution in [0.3, 0.4) is 0 Å². The summed E-state index contributed by atoms with van der Waals surface area (Å²) >= 11 is 6.48. The van der Waals surface area contributed by atoms with Gasteiger partial charge in [0.15, 0.2) is 0 Å². The van der Waals surface area contributed by atoms with Gasteiger partial charge in [0.1, 0.15) is 5.75 Å². The molecule has 0 bridgehead atoms. The molecular weight excluding hydrogens is 380 g/mol. The van der Waals surface area contributed by atoms with Crippen molar-refractivity contribution in [3.8, 4) is 5.75 Å². The van der Waals surface area contributed by atoms with E-state index in [9.17, 15) is 15.0 Å². The van der Waals surface area contributed by atoms with E-state index in [2.05, 4.69) is 0 Å². The molecular formula is C22H29ClO5. The Balaban J connectivity index is 1.56. The first kappa shape index (κ1) is 21.2. The van der Waals surface area contributed by atoms with Crippen molar-refractivity contribution in [2.75, 3.05) is 6.61 Å². The van der Waals surface area contributed by atoms with Crippen LogP contribution in [0, 0.1) is 11.8 Å². The van der Waals surface area contributed by atoms with E-state index < -0.39 is 18.2 Å². The van der Waals surface area contributed by atoms with E-state index in [1.54, 1.807) is 0 Å². The molecule has 28 heavy (non-hydrogen) atoms. The van der Waals surface area contributed by atoms with Gasteiger partial charge in [-0.15, -0.1) is 11.6 Å². The van der Waals surface area contributed by atoms with Crippen LogP contribution in [0.1, 0.15) is 55.8 Å². The number of hydrogen-bond donors (Lipinski definition) is 3. The number of alkyl halides is 1. The highest BCUT2D eigenvalue weighted by Gasteiger charge is 2.41. The molecule has 0 saturated heterocycles. The smallest absolute Gasteiger partial charge is 0.303 e. The minimum atomic E-state index is -0.773. The lowest BCUT2D eigenvalue weighted by atomic mass is 9.92. The number of carboxylic acid groups (broad SMARTS) is 1. The van der Waals surface area contributed by atoms with Gasteiger partial charge < -0.3 is 20.1 Å². The molecule has 0 aromatic heterocycles. The molecule has 3 N–H and O–H groups in total. The first-order chi connectivity index (χ1) is 13.5. The number of aliphatic carboxylic acids is 1. The van der Waals surface area contributed by atoms with Gasteiger partial charge in [0.05, 0.1) is 18.8 Å². The molecule has 0 aliphatic heterocycles. The van der Waals surface area contributed by atoms with Crippen molar-refractivity contribution in [1.82, 2.24) is 0 Å². The number of benzene rings is 1. The van der Waals surface area contributed by atoms with E-state index in [1.807, 2.05) is 30.4 Å². The van der Waals surface area contributed by atoms with Crippen molar-refractivity contribution < 1.29 is 24.9 Å². The maximum absolute atomic E-state index is 10.5. The summed E-state index contributed by atoms with van der Waals surface area (Å²) < 4.78 is 6.08. The Morgan fingerprint density at radius 1 is 1.25 bits per heavy atom. The monoisotopic (exact) mass is 408 g/mol. The average Bonchev–Trinajstić information content (AvgIpc) is 3.16. The van der Waals surface area contributed by atoms with Crippen LogP contribution in [-0.4, -0.2) is 39.4 Å². The Hall–Kier alpha value is -1.56. The molecule has 0 heterocycles. The minimum Gasteiger partial charge on any atom is -0.493 e. The van der Waals surface area contributed by atoms with Crippen molar-refractivity contribution in [3.63, 3.8) is 0 Å². The van der Waals surface area contributed by atoms with Gasteiger partial charge in [-0.05, 0) is 56.1 Å². The number of fused-ring (bicyclic) bond motifs is 1. The van der Waals surface area contributed by atoms with Gasteiger partial charge in [-0.3, -0.25) is 4.79 Å². The summed E-state index contributed by atoms with van der Waals surface area (Å²) in [7, 11) is 0. The molecule has 5 nitrogen and oxygen atoms in total. The molecule has 3 rings (SSSR count). The molecule has 0 radical (unpaired) electrons. The summed E-state index contributed by atoms with van der Waals surface area (Å²) in [5.41, 5.74) is 2.01. The Morgan fingerprint density at radius 3 is 2.86 bits per heavy atom. The van der Waals surface area contributed by atoms with E-state index in [4.69, 9.17) is 21.4 Å². The maximum atomic E-state index is 10.5. The summed E-state index contributed by atoms with van der Waals surface area (Å²) in [5.74, 6) is 0.0931. The second kappa shape index (κ2) is 9.77. The predicted octanol–water partition coefficient (Wildman–Crippen LogP) is 3.85. The lowest BCUT2D eigenvalue weighted by Crippen LogP contribution is -2.27. The number of rotatable bonds is 9. The summed E-state index contributed by atoms with van der Waals surface area (Å²) in [4.78, 5) is 10.5. The molecule has 1 unspecified atom stereocenters. The van der Waals surface area contributed by atoms with Crippen molar-refractivity contribution in [2.45, 2.75) is 62.5 Å².